The van der Waals surface area contributed by atoms with Crippen LogP contribution < -0.4 is 5.32 Å². The lowest BCUT2D eigenvalue weighted by Gasteiger charge is -2.11. The van der Waals surface area contributed by atoms with Gasteiger partial charge in [-0.05, 0) is 42.8 Å². The molecule has 0 radical (unpaired) electrons. The van der Waals surface area contributed by atoms with Crippen LogP contribution in [-0.2, 0) is 6.18 Å². The van der Waals surface area contributed by atoms with Crippen LogP contribution in [0.1, 0.15) is 32.1 Å². The molecule has 0 spiro atoms. The Labute approximate surface area is 128 Å². The van der Waals surface area contributed by atoms with Crippen molar-refractivity contribution in [1.29, 1.82) is 0 Å². The molecule has 8 heteroatoms. The minimum atomic E-state index is -4.53. The van der Waals surface area contributed by atoms with E-state index >= 15 is 0 Å². The van der Waals surface area contributed by atoms with E-state index in [2.05, 4.69) is 10.3 Å². The number of pyridine rings is 1. The highest BCUT2D eigenvalue weighted by Gasteiger charge is 2.31. The van der Waals surface area contributed by atoms with E-state index in [0.717, 1.165) is 12.1 Å². The molecular weight excluding hydrogens is 313 g/mol. The number of hydrogen-bond donors (Lipinski definition) is 2. The lowest BCUT2D eigenvalue weighted by molar-refractivity contribution is -0.137. The highest BCUT2D eigenvalue weighted by Crippen LogP contribution is 2.31. The third-order valence-electron chi connectivity index (χ3n) is 2.86. The molecule has 5 nitrogen and oxygen atoms in total. The first-order valence-electron chi connectivity index (χ1n) is 6.37. The fourth-order valence-corrected chi connectivity index (χ4v) is 1.89. The standard InChI is InChI=1S/C15H11F3N2O3/c1-8-5-9(15(16,17)18)7-10(6-8)19-13(21)11-3-2-4-12(20-11)14(22)23/h2-7H,1H3,(H,19,21)(H,22,23). The van der Waals surface area contributed by atoms with Crippen LogP contribution in [0.3, 0.4) is 0 Å². The molecule has 0 saturated carbocycles. The van der Waals surface area contributed by atoms with Gasteiger partial charge in [-0.15, -0.1) is 0 Å². The first-order chi connectivity index (χ1) is 10.7. The number of amides is 1. The van der Waals surface area contributed by atoms with Crippen LogP contribution in [0.25, 0.3) is 0 Å². The van der Waals surface area contributed by atoms with E-state index in [1.54, 1.807) is 0 Å². The van der Waals surface area contributed by atoms with Crippen molar-refractivity contribution >= 4 is 17.6 Å². The topological polar surface area (TPSA) is 79.3 Å². The Morgan fingerprint density at radius 2 is 1.78 bits per heavy atom. The van der Waals surface area contributed by atoms with Crippen molar-refractivity contribution < 1.29 is 27.9 Å². The van der Waals surface area contributed by atoms with E-state index < -0.39 is 23.6 Å². The number of carbonyl (C=O) groups is 2. The van der Waals surface area contributed by atoms with E-state index in [1.807, 2.05) is 0 Å². The molecule has 1 amide bonds. The lowest BCUT2D eigenvalue weighted by atomic mass is 10.1. The molecule has 0 aliphatic heterocycles. The number of carboxylic acids is 1. The van der Waals surface area contributed by atoms with Gasteiger partial charge in [-0.2, -0.15) is 13.2 Å². The second-order valence-corrected chi connectivity index (χ2v) is 4.75. The number of halogens is 3. The monoisotopic (exact) mass is 324 g/mol. The van der Waals surface area contributed by atoms with Crippen molar-refractivity contribution in [3.63, 3.8) is 0 Å². The Kier molecular flexibility index (Phi) is 4.35. The molecule has 0 saturated heterocycles. The van der Waals surface area contributed by atoms with E-state index in [9.17, 15) is 22.8 Å². The van der Waals surface area contributed by atoms with Crippen LogP contribution in [-0.4, -0.2) is 22.0 Å². The molecule has 2 rings (SSSR count). The molecule has 120 valence electrons. The van der Waals surface area contributed by atoms with Crippen LogP contribution in [0.4, 0.5) is 18.9 Å². The summed E-state index contributed by atoms with van der Waals surface area (Å²) in [5.74, 6) is -2.11. The number of aromatic nitrogens is 1. The Bertz CT molecular complexity index is 773. The largest absolute Gasteiger partial charge is 0.477 e. The number of hydrogen-bond acceptors (Lipinski definition) is 3. The van der Waals surface area contributed by atoms with Crippen molar-refractivity contribution in [1.82, 2.24) is 4.98 Å². The average molecular weight is 324 g/mol. The number of anilines is 1. The van der Waals surface area contributed by atoms with Crippen molar-refractivity contribution in [3.8, 4) is 0 Å². The van der Waals surface area contributed by atoms with Gasteiger partial charge in [-0.3, -0.25) is 4.79 Å². The molecule has 0 unspecified atom stereocenters. The SMILES string of the molecule is Cc1cc(NC(=O)c2cccc(C(=O)O)n2)cc(C(F)(F)F)c1. The molecule has 1 aromatic carbocycles. The summed E-state index contributed by atoms with van der Waals surface area (Å²) in [6.07, 6.45) is -4.53. The Balaban J connectivity index is 2.29. The van der Waals surface area contributed by atoms with Crippen molar-refractivity contribution in [2.45, 2.75) is 13.1 Å². The Morgan fingerprint density at radius 1 is 1.13 bits per heavy atom. The highest BCUT2D eigenvalue weighted by atomic mass is 19.4. The number of aromatic carboxylic acids is 1. The van der Waals surface area contributed by atoms with Crippen molar-refractivity contribution in [2.24, 2.45) is 0 Å². The number of carbonyl (C=O) groups excluding carboxylic acids is 1. The zero-order chi connectivity index (χ0) is 17.2. The summed E-state index contributed by atoms with van der Waals surface area (Å²) in [4.78, 5) is 26.5. The molecule has 23 heavy (non-hydrogen) atoms. The zero-order valence-corrected chi connectivity index (χ0v) is 11.8. The van der Waals surface area contributed by atoms with E-state index in [-0.39, 0.29) is 17.1 Å². The molecule has 0 aliphatic carbocycles. The normalized spacial score (nSPS) is 11.1. The van der Waals surface area contributed by atoms with Gasteiger partial charge in [0.1, 0.15) is 11.4 Å². The predicted octanol–water partition coefficient (Wildman–Crippen LogP) is 3.36. The first-order valence-corrected chi connectivity index (χ1v) is 6.37. The lowest BCUT2D eigenvalue weighted by Crippen LogP contribution is -2.16. The average Bonchev–Trinajstić information content (AvgIpc) is 2.45. The van der Waals surface area contributed by atoms with Crippen LogP contribution in [0, 0.1) is 6.92 Å². The zero-order valence-electron chi connectivity index (χ0n) is 11.8. The van der Waals surface area contributed by atoms with Gasteiger partial charge in [0.05, 0.1) is 5.56 Å². The molecule has 1 heterocycles. The number of carboxylic acid groups (broad SMARTS) is 1. The van der Waals surface area contributed by atoms with Gasteiger partial charge >= 0.3 is 12.1 Å². The van der Waals surface area contributed by atoms with Gasteiger partial charge in [0, 0.05) is 5.69 Å². The molecule has 0 aliphatic rings. The number of aryl methyl sites for hydroxylation is 1. The van der Waals surface area contributed by atoms with Gasteiger partial charge in [-0.1, -0.05) is 6.07 Å². The first kappa shape index (κ1) is 16.5. The van der Waals surface area contributed by atoms with E-state index in [1.165, 1.54) is 31.2 Å². The number of rotatable bonds is 3. The fourth-order valence-electron chi connectivity index (χ4n) is 1.89. The maximum absolute atomic E-state index is 12.8. The summed E-state index contributed by atoms with van der Waals surface area (Å²) in [7, 11) is 0. The van der Waals surface area contributed by atoms with Gasteiger partial charge in [0.2, 0.25) is 0 Å². The number of alkyl halides is 3. The third-order valence-corrected chi connectivity index (χ3v) is 2.86. The summed E-state index contributed by atoms with van der Waals surface area (Å²) in [5, 5.41) is 11.1. The smallest absolute Gasteiger partial charge is 0.416 e. The quantitative estimate of drug-likeness (QED) is 0.907. The summed E-state index contributed by atoms with van der Waals surface area (Å²) in [5.41, 5.74) is -1.16. The molecule has 2 aromatic rings. The predicted molar refractivity (Wildman–Crippen MR) is 75.3 cm³/mol. The molecule has 0 bridgehead atoms. The van der Waals surface area contributed by atoms with E-state index in [4.69, 9.17) is 5.11 Å². The van der Waals surface area contributed by atoms with Crippen LogP contribution in [0.2, 0.25) is 0 Å². The van der Waals surface area contributed by atoms with Crippen LogP contribution in [0.15, 0.2) is 36.4 Å². The fraction of sp³-hybridized carbons (Fsp3) is 0.133. The minimum Gasteiger partial charge on any atom is -0.477 e. The summed E-state index contributed by atoms with van der Waals surface area (Å²) >= 11 is 0. The second kappa shape index (κ2) is 6.07. The van der Waals surface area contributed by atoms with Gasteiger partial charge in [-0.25, -0.2) is 9.78 Å². The van der Waals surface area contributed by atoms with Gasteiger partial charge < -0.3 is 10.4 Å². The highest BCUT2D eigenvalue weighted by molar-refractivity contribution is 6.03. The maximum Gasteiger partial charge on any atom is 0.416 e. The molecule has 1 aromatic heterocycles. The van der Waals surface area contributed by atoms with Gasteiger partial charge in [0.15, 0.2) is 0 Å². The summed E-state index contributed by atoms with van der Waals surface area (Å²) in [6, 6.07) is 6.91. The van der Waals surface area contributed by atoms with Gasteiger partial charge in [0.25, 0.3) is 5.91 Å². The summed E-state index contributed by atoms with van der Waals surface area (Å²) in [6.45, 7) is 1.47. The number of nitrogens with one attached hydrogen (secondary N) is 1. The Hall–Kier alpha value is -2.90. The Morgan fingerprint density at radius 3 is 2.39 bits per heavy atom. The minimum absolute atomic E-state index is 0.0511. The molecule has 0 fully saturated rings. The third kappa shape index (κ3) is 4.06. The van der Waals surface area contributed by atoms with Crippen LogP contribution >= 0.6 is 0 Å². The molecular formula is C15H11F3N2O3. The molecule has 2 N–H and O–H groups in total. The summed E-state index contributed by atoms with van der Waals surface area (Å²) < 4.78 is 38.3. The van der Waals surface area contributed by atoms with Crippen molar-refractivity contribution in [3.05, 3.63) is 58.9 Å². The van der Waals surface area contributed by atoms with Crippen molar-refractivity contribution in [2.75, 3.05) is 5.32 Å². The number of nitrogens with zero attached hydrogens (tertiary/aromatic N) is 1. The number of benzene rings is 1. The van der Waals surface area contributed by atoms with Crippen LogP contribution in [0.5, 0.6) is 0 Å². The maximum atomic E-state index is 12.8. The molecule has 0 atom stereocenters. The van der Waals surface area contributed by atoms with E-state index in [0.29, 0.717) is 5.56 Å². The second-order valence-electron chi connectivity index (χ2n) is 4.75.